The molecule has 0 spiro atoms. The quantitative estimate of drug-likeness (QED) is 0.793. The number of Topliss-reactive ketones (excluding diaryl/α,β-unsaturated/α-hetero) is 1. The lowest BCUT2D eigenvalue weighted by atomic mass is 9.96. The fourth-order valence-electron chi connectivity index (χ4n) is 2.07. The molecular weight excluding hydrogens is 212 g/mol. The van der Waals surface area contributed by atoms with Gasteiger partial charge in [0, 0.05) is 12.8 Å². The molecular formula is C15H18O2. The lowest BCUT2D eigenvalue weighted by molar-refractivity contribution is -0.124. The van der Waals surface area contributed by atoms with Crippen molar-refractivity contribution in [1.29, 1.82) is 0 Å². The SMILES string of the molecule is O=C1CCCC(OCC=Cc2ccccc2)C1. The van der Waals surface area contributed by atoms with Crippen LogP contribution in [0.15, 0.2) is 36.4 Å². The first-order valence-electron chi connectivity index (χ1n) is 6.19. The average Bonchev–Trinajstić information content (AvgIpc) is 2.36. The van der Waals surface area contributed by atoms with E-state index in [2.05, 4.69) is 12.1 Å². The summed E-state index contributed by atoms with van der Waals surface area (Å²) in [6, 6.07) is 10.1. The molecule has 1 aromatic rings. The number of ketones is 1. The number of benzene rings is 1. The van der Waals surface area contributed by atoms with E-state index in [1.807, 2.05) is 30.4 Å². The minimum Gasteiger partial charge on any atom is -0.374 e. The van der Waals surface area contributed by atoms with E-state index in [4.69, 9.17) is 4.74 Å². The first-order chi connectivity index (χ1) is 8.34. The highest BCUT2D eigenvalue weighted by Gasteiger charge is 2.18. The van der Waals surface area contributed by atoms with Gasteiger partial charge in [-0.05, 0) is 18.4 Å². The Hall–Kier alpha value is -1.41. The van der Waals surface area contributed by atoms with E-state index in [0.29, 0.717) is 18.8 Å². The van der Waals surface area contributed by atoms with Gasteiger partial charge in [-0.1, -0.05) is 42.5 Å². The van der Waals surface area contributed by atoms with Gasteiger partial charge in [-0.25, -0.2) is 0 Å². The molecule has 0 N–H and O–H groups in total. The first-order valence-corrected chi connectivity index (χ1v) is 6.19. The zero-order chi connectivity index (χ0) is 11.9. The summed E-state index contributed by atoms with van der Waals surface area (Å²) < 4.78 is 5.67. The molecule has 1 saturated carbocycles. The van der Waals surface area contributed by atoms with Crippen molar-refractivity contribution >= 4 is 11.9 Å². The van der Waals surface area contributed by atoms with Gasteiger partial charge in [0.2, 0.25) is 0 Å². The summed E-state index contributed by atoms with van der Waals surface area (Å²) in [4.78, 5) is 11.2. The number of rotatable bonds is 4. The maximum absolute atomic E-state index is 11.2. The van der Waals surface area contributed by atoms with Gasteiger partial charge in [0.05, 0.1) is 12.7 Å². The molecule has 90 valence electrons. The van der Waals surface area contributed by atoms with Gasteiger partial charge >= 0.3 is 0 Å². The molecule has 0 aromatic heterocycles. The Labute approximate surface area is 102 Å². The molecule has 2 rings (SSSR count). The number of hydrogen-bond acceptors (Lipinski definition) is 2. The van der Waals surface area contributed by atoms with Crippen molar-refractivity contribution in [2.45, 2.75) is 31.8 Å². The van der Waals surface area contributed by atoms with Crippen LogP contribution >= 0.6 is 0 Å². The molecule has 0 bridgehead atoms. The summed E-state index contributed by atoms with van der Waals surface area (Å²) in [6.07, 6.45) is 7.52. The van der Waals surface area contributed by atoms with Crippen molar-refractivity contribution in [1.82, 2.24) is 0 Å². The fraction of sp³-hybridized carbons (Fsp3) is 0.400. The second-order valence-corrected chi connectivity index (χ2v) is 4.40. The van der Waals surface area contributed by atoms with Gasteiger partial charge in [-0.15, -0.1) is 0 Å². The Balaban J connectivity index is 1.72. The normalized spacial score (nSPS) is 20.9. The molecule has 0 aliphatic heterocycles. The van der Waals surface area contributed by atoms with Gasteiger partial charge in [-0.3, -0.25) is 4.79 Å². The largest absolute Gasteiger partial charge is 0.374 e. The van der Waals surface area contributed by atoms with Crippen molar-refractivity contribution in [3.8, 4) is 0 Å². The smallest absolute Gasteiger partial charge is 0.135 e. The third-order valence-electron chi connectivity index (χ3n) is 2.98. The van der Waals surface area contributed by atoms with Crippen molar-refractivity contribution in [2.75, 3.05) is 6.61 Å². The molecule has 1 fully saturated rings. The van der Waals surface area contributed by atoms with Crippen LogP contribution in [0.5, 0.6) is 0 Å². The molecule has 1 aliphatic carbocycles. The van der Waals surface area contributed by atoms with E-state index in [1.54, 1.807) is 0 Å². The molecule has 0 heterocycles. The van der Waals surface area contributed by atoms with Gasteiger partial charge in [-0.2, -0.15) is 0 Å². The lowest BCUT2D eigenvalue weighted by Gasteiger charge is -2.20. The summed E-state index contributed by atoms with van der Waals surface area (Å²) in [5, 5.41) is 0. The van der Waals surface area contributed by atoms with Crippen molar-refractivity contribution in [3.63, 3.8) is 0 Å². The molecule has 0 saturated heterocycles. The van der Waals surface area contributed by atoms with Gasteiger partial charge in [0.15, 0.2) is 0 Å². The molecule has 1 aromatic carbocycles. The summed E-state index contributed by atoms with van der Waals surface area (Å²) in [7, 11) is 0. The molecule has 0 amide bonds. The predicted molar refractivity (Wildman–Crippen MR) is 68.7 cm³/mol. The van der Waals surface area contributed by atoms with Crippen LogP contribution in [0.4, 0.5) is 0 Å². The highest BCUT2D eigenvalue weighted by atomic mass is 16.5. The average molecular weight is 230 g/mol. The second kappa shape index (κ2) is 6.36. The fourth-order valence-corrected chi connectivity index (χ4v) is 2.07. The van der Waals surface area contributed by atoms with Crippen LogP contribution in [0.2, 0.25) is 0 Å². The topological polar surface area (TPSA) is 26.3 Å². The van der Waals surface area contributed by atoms with Crippen LogP contribution in [0.1, 0.15) is 31.2 Å². The van der Waals surface area contributed by atoms with E-state index < -0.39 is 0 Å². The van der Waals surface area contributed by atoms with Crippen LogP contribution in [0.25, 0.3) is 6.08 Å². The molecule has 1 atom stereocenters. The van der Waals surface area contributed by atoms with Crippen LogP contribution in [0, 0.1) is 0 Å². The minimum atomic E-state index is 0.136. The molecule has 17 heavy (non-hydrogen) atoms. The number of hydrogen-bond donors (Lipinski definition) is 0. The van der Waals surface area contributed by atoms with Crippen molar-refractivity contribution in [2.24, 2.45) is 0 Å². The lowest BCUT2D eigenvalue weighted by Crippen LogP contribution is -2.22. The maximum Gasteiger partial charge on any atom is 0.135 e. The van der Waals surface area contributed by atoms with Gasteiger partial charge in [0.25, 0.3) is 0 Å². The second-order valence-electron chi connectivity index (χ2n) is 4.40. The Morgan fingerprint density at radius 3 is 2.88 bits per heavy atom. The van der Waals surface area contributed by atoms with Gasteiger partial charge in [0.1, 0.15) is 5.78 Å². The number of carbonyl (C=O) groups is 1. The zero-order valence-corrected chi connectivity index (χ0v) is 9.97. The molecule has 0 radical (unpaired) electrons. The van der Waals surface area contributed by atoms with Crippen LogP contribution < -0.4 is 0 Å². The Morgan fingerprint density at radius 1 is 1.29 bits per heavy atom. The highest BCUT2D eigenvalue weighted by Crippen LogP contribution is 2.17. The third kappa shape index (κ3) is 4.16. The van der Waals surface area contributed by atoms with E-state index in [0.717, 1.165) is 19.3 Å². The van der Waals surface area contributed by atoms with E-state index in [9.17, 15) is 4.79 Å². The number of ether oxygens (including phenoxy) is 1. The maximum atomic E-state index is 11.2. The van der Waals surface area contributed by atoms with E-state index >= 15 is 0 Å². The summed E-state index contributed by atoms with van der Waals surface area (Å²) in [5.74, 6) is 0.341. The molecule has 2 nitrogen and oxygen atoms in total. The number of carbonyl (C=O) groups excluding carboxylic acids is 1. The minimum absolute atomic E-state index is 0.136. The third-order valence-corrected chi connectivity index (χ3v) is 2.98. The van der Waals surface area contributed by atoms with E-state index in [-0.39, 0.29) is 6.10 Å². The van der Waals surface area contributed by atoms with Crippen molar-refractivity contribution in [3.05, 3.63) is 42.0 Å². The van der Waals surface area contributed by atoms with Gasteiger partial charge < -0.3 is 4.74 Å². The molecule has 1 unspecified atom stereocenters. The summed E-state index contributed by atoms with van der Waals surface area (Å²) >= 11 is 0. The Kier molecular flexibility index (Phi) is 4.51. The highest BCUT2D eigenvalue weighted by molar-refractivity contribution is 5.79. The van der Waals surface area contributed by atoms with Crippen LogP contribution in [0.3, 0.4) is 0 Å². The Morgan fingerprint density at radius 2 is 2.12 bits per heavy atom. The van der Waals surface area contributed by atoms with Crippen LogP contribution in [-0.4, -0.2) is 18.5 Å². The molecule has 1 aliphatic rings. The standard InChI is InChI=1S/C15H18O2/c16-14-9-4-10-15(12-14)17-11-5-8-13-6-2-1-3-7-13/h1-3,5-8,15H,4,9-12H2. The summed E-state index contributed by atoms with van der Waals surface area (Å²) in [5.41, 5.74) is 1.18. The summed E-state index contributed by atoms with van der Waals surface area (Å²) in [6.45, 7) is 0.590. The van der Waals surface area contributed by atoms with Crippen LogP contribution in [-0.2, 0) is 9.53 Å². The van der Waals surface area contributed by atoms with Crippen molar-refractivity contribution < 1.29 is 9.53 Å². The predicted octanol–water partition coefficient (Wildman–Crippen LogP) is 3.23. The van der Waals surface area contributed by atoms with E-state index in [1.165, 1.54) is 5.56 Å². The Bertz CT molecular complexity index is 381. The monoisotopic (exact) mass is 230 g/mol. The zero-order valence-electron chi connectivity index (χ0n) is 9.97. The molecule has 2 heteroatoms. The first kappa shape index (κ1) is 12.1.